The van der Waals surface area contributed by atoms with Crippen LogP contribution in [0, 0.1) is 0 Å². The van der Waals surface area contributed by atoms with Crippen molar-refractivity contribution in [3.05, 3.63) is 64.0 Å². The number of nitrogens with zero attached hydrogens (tertiary/aromatic N) is 2. The molecular formula is C24H22N2O6S. The van der Waals surface area contributed by atoms with E-state index in [9.17, 15) is 9.59 Å². The van der Waals surface area contributed by atoms with Crippen molar-refractivity contribution in [2.24, 2.45) is 0 Å². The summed E-state index contributed by atoms with van der Waals surface area (Å²) in [4.78, 5) is 31.2. The molecule has 0 unspecified atom stereocenters. The highest BCUT2D eigenvalue weighted by Crippen LogP contribution is 2.36. The number of benzene rings is 2. The monoisotopic (exact) mass is 466 g/mol. The van der Waals surface area contributed by atoms with Crippen molar-refractivity contribution < 1.29 is 23.7 Å². The van der Waals surface area contributed by atoms with Crippen LogP contribution in [0.5, 0.6) is 23.0 Å². The predicted octanol–water partition coefficient (Wildman–Crippen LogP) is 4.04. The van der Waals surface area contributed by atoms with Crippen molar-refractivity contribution in [3.63, 3.8) is 0 Å². The van der Waals surface area contributed by atoms with Crippen molar-refractivity contribution in [1.29, 1.82) is 0 Å². The first kappa shape index (κ1) is 22.3. The van der Waals surface area contributed by atoms with Crippen LogP contribution in [-0.2, 0) is 6.54 Å². The van der Waals surface area contributed by atoms with E-state index in [1.807, 2.05) is 17.5 Å². The highest BCUT2D eigenvalue weighted by Gasteiger charge is 2.17. The summed E-state index contributed by atoms with van der Waals surface area (Å²) in [5.41, 5.74) is 1.63. The largest absolute Gasteiger partial charge is 0.493 e. The summed E-state index contributed by atoms with van der Waals surface area (Å²) in [6, 6.07) is 10.3. The van der Waals surface area contributed by atoms with E-state index >= 15 is 0 Å². The molecule has 0 bridgehead atoms. The highest BCUT2D eigenvalue weighted by molar-refractivity contribution is 7.17. The number of hydrogen-bond donors (Lipinski definition) is 0. The van der Waals surface area contributed by atoms with Crippen LogP contribution in [0.25, 0.3) is 21.3 Å². The van der Waals surface area contributed by atoms with Gasteiger partial charge < -0.3 is 18.9 Å². The van der Waals surface area contributed by atoms with E-state index in [2.05, 4.69) is 4.98 Å². The Morgan fingerprint density at radius 1 is 0.909 bits per heavy atom. The van der Waals surface area contributed by atoms with E-state index in [0.717, 1.165) is 11.1 Å². The van der Waals surface area contributed by atoms with Crippen LogP contribution >= 0.6 is 11.3 Å². The second kappa shape index (κ2) is 9.33. The number of carbonyl (C=O) groups excluding carboxylic acids is 1. The number of methoxy groups -OCH3 is 4. The van der Waals surface area contributed by atoms with E-state index in [1.165, 1.54) is 36.5 Å². The van der Waals surface area contributed by atoms with Crippen LogP contribution < -0.4 is 24.5 Å². The Balaban J connectivity index is 1.72. The van der Waals surface area contributed by atoms with E-state index < -0.39 is 0 Å². The molecule has 0 N–H and O–H groups in total. The Morgan fingerprint density at radius 3 is 2.21 bits per heavy atom. The average Bonchev–Trinajstić information content (AvgIpc) is 3.29. The summed E-state index contributed by atoms with van der Waals surface area (Å²) in [5.74, 6) is 1.87. The van der Waals surface area contributed by atoms with E-state index in [0.29, 0.717) is 38.8 Å². The van der Waals surface area contributed by atoms with Gasteiger partial charge in [0.1, 0.15) is 4.83 Å². The molecular weight excluding hydrogens is 444 g/mol. The molecule has 4 rings (SSSR count). The SMILES string of the molecule is COc1ccc(C(=O)Cn2cnc3scc(-c4ccc(OC)c(OC)c4)c3c2=O)cc1OC. The number of hydrogen-bond acceptors (Lipinski definition) is 8. The Kier molecular flexibility index (Phi) is 6.32. The van der Waals surface area contributed by atoms with Gasteiger partial charge in [-0.25, -0.2) is 4.98 Å². The summed E-state index contributed by atoms with van der Waals surface area (Å²) < 4.78 is 22.5. The first-order chi connectivity index (χ1) is 16.0. The first-order valence-electron chi connectivity index (χ1n) is 9.95. The molecule has 170 valence electrons. The van der Waals surface area contributed by atoms with Crippen molar-refractivity contribution in [1.82, 2.24) is 9.55 Å². The molecule has 2 heterocycles. The fraction of sp³-hybridized carbons (Fsp3) is 0.208. The normalized spacial score (nSPS) is 10.8. The highest BCUT2D eigenvalue weighted by atomic mass is 32.1. The van der Waals surface area contributed by atoms with Gasteiger partial charge in [0, 0.05) is 16.5 Å². The molecule has 33 heavy (non-hydrogen) atoms. The molecule has 4 aromatic rings. The first-order valence-corrected chi connectivity index (χ1v) is 10.8. The van der Waals surface area contributed by atoms with Crippen molar-refractivity contribution in [2.45, 2.75) is 6.54 Å². The number of ether oxygens (including phenoxy) is 4. The van der Waals surface area contributed by atoms with Crippen LogP contribution in [0.4, 0.5) is 0 Å². The molecule has 2 aromatic heterocycles. The third kappa shape index (κ3) is 4.14. The van der Waals surface area contributed by atoms with Gasteiger partial charge in [0.05, 0.1) is 46.7 Å². The maximum absolute atomic E-state index is 13.3. The fourth-order valence-corrected chi connectivity index (χ4v) is 4.46. The smallest absolute Gasteiger partial charge is 0.263 e. The number of Topliss-reactive ketones (excluding diaryl/α,β-unsaturated/α-hetero) is 1. The Bertz CT molecular complexity index is 1390. The molecule has 0 amide bonds. The lowest BCUT2D eigenvalue weighted by atomic mass is 10.1. The van der Waals surface area contributed by atoms with Gasteiger partial charge in [-0.1, -0.05) is 6.07 Å². The molecule has 2 aromatic carbocycles. The average molecular weight is 467 g/mol. The minimum atomic E-state index is -0.292. The molecule has 0 aliphatic rings. The molecule has 0 spiro atoms. The topological polar surface area (TPSA) is 88.9 Å². The van der Waals surface area contributed by atoms with Crippen molar-refractivity contribution in [2.75, 3.05) is 28.4 Å². The summed E-state index contributed by atoms with van der Waals surface area (Å²) in [7, 11) is 6.15. The third-order valence-corrected chi connectivity index (χ3v) is 6.16. The van der Waals surface area contributed by atoms with Gasteiger partial charge in [-0.15, -0.1) is 11.3 Å². The number of thiophene rings is 1. The molecule has 8 nitrogen and oxygen atoms in total. The second-order valence-corrected chi connectivity index (χ2v) is 7.93. The maximum Gasteiger partial charge on any atom is 0.263 e. The van der Waals surface area contributed by atoms with Crippen molar-refractivity contribution in [3.8, 4) is 34.1 Å². The van der Waals surface area contributed by atoms with Gasteiger partial charge in [-0.3, -0.25) is 14.2 Å². The molecule has 0 atom stereocenters. The minimum Gasteiger partial charge on any atom is -0.493 e. The lowest BCUT2D eigenvalue weighted by molar-refractivity contribution is 0.0970. The number of rotatable bonds is 8. The Labute approximate surface area is 193 Å². The lowest BCUT2D eigenvalue weighted by Crippen LogP contribution is -2.24. The summed E-state index contributed by atoms with van der Waals surface area (Å²) in [6.45, 7) is -0.154. The fourth-order valence-electron chi connectivity index (χ4n) is 3.55. The van der Waals surface area contributed by atoms with Crippen LogP contribution in [0.3, 0.4) is 0 Å². The molecule has 9 heteroatoms. The molecule has 0 fully saturated rings. The molecule has 0 saturated carbocycles. The van der Waals surface area contributed by atoms with Crippen LogP contribution in [0.15, 0.2) is 52.9 Å². The molecule has 0 aliphatic carbocycles. The van der Waals surface area contributed by atoms with Gasteiger partial charge >= 0.3 is 0 Å². The third-order valence-electron chi connectivity index (χ3n) is 5.27. The standard InChI is InChI=1S/C24H22N2O6S/c1-29-18-7-5-14(9-20(18)31-3)16-12-33-23-22(16)24(28)26(13-25-23)11-17(27)15-6-8-19(30-2)21(10-15)32-4/h5-10,12-13H,11H2,1-4H3. The molecule has 0 saturated heterocycles. The Morgan fingerprint density at radius 2 is 1.55 bits per heavy atom. The van der Waals surface area contributed by atoms with Crippen LogP contribution in [-0.4, -0.2) is 43.8 Å². The van der Waals surface area contributed by atoms with Gasteiger partial charge in [-0.2, -0.15) is 0 Å². The zero-order chi connectivity index (χ0) is 23.5. The zero-order valence-corrected chi connectivity index (χ0v) is 19.4. The molecule has 0 aliphatic heterocycles. The van der Waals surface area contributed by atoms with Gasteiger partial charge in [0.15, 0.2) is 28.8 Å². The van der Waals surface area contributed by atoms with Gasteiger partial charge in [-0.05, 0) is 35.9 Å². The number of ketones is 1. The van der Waals surface area contributed by atoms with E-state index in [1.54, 1.807) is 38.5 Å². The predicted molar refractivity (Wildman–Crippen MR) is 126 cm³/mol. The maximum atomic E-state index is 13.3. The van der Waals surface area contributed by atoms with Gasteiger partial charge in [0.2, 0.25) is 0 Å². The van der Waals surface area contributed by atoms with Crippen LogP contribution in [0.2, 0.25) is 0 Å². The summed E-state index contributed by atoms with van der Waals surface area (Å²) in [5, 5.41) is 2.33. The summed E-state index contributed by atoms with van der Waals surface area (Å²) >= 11 is 1.37. The minimum absolute atomic E-state index is 0.154. The lowest BCUT2D eigenvalue weighted by Gasteiger charge is -2.10. The van der Waals surface area contributed by atoms with E-state index in [4.69, 9.17) is 18.9 Å². The van der Waals surface area contributed by atoms with Crippen molar-refractivity contribution >= 4 is 27.3 Å². The second-order valence-electron chi connectivity index (χ2n) is 7.07. The molecule has 0 radical (unpaired) electrons. The number of fused-ring (bicyclic) bond motifs is 1. The van der Waals surface area contributed by atoms with Crippen LogP contribution in [0.1, 0.15) is 10.4 Å². The quantitative estimate of drug-likeness (QED) is 0.362. The number of aromatic nitrogens is 2. The Hall–Kier alpha value is -3.85. The zero-order valence-electron chi connectivity index (χ0n) is 18.6. The van der Waals surface area contributed by atoms with Gasteiger partial charge in [0.25, 0.3) is 5.56 Å². The summed E-state index contributed by atoms with van der Waals surface area (Å²) in [6.07, 6.45) is 1.40. The number of carbonyl (C=O) groups is 1. The van der Waals surface area contributed by atoms with E-state index in [-0.39, 0.29) is 17.9 Å².